The Morgan fingerprint density at radius 2 is 1.86 bits per heavy atom. The molecule has 0 aromatic heterocycles. The van der Waals surface area contributed by atoms with Crippen LogP contribution in [0.1, 0.15) is 5.56 Å². The summed E-state index contributed by atoms with van der Waals surface area (Å²) in [6, 6.07) is 5.52. The molecule has 3 N–H and O–H groups in total. The number of sulfonamides is 1. The van der Waals surface area contributed by atoms with Crippen LogP contribution in [0, 0.1) is 18.6 Å². The quantitative estimate of drug-likeness (QED) is 0.847. The first-order valence-corrected chi connectivity index (χ1v) is 7.60. The van der Waals surface area contributed by atoms with E-state index in [1.165, 1.54) is 13.0 Å². The van der Waals surface area contributed by atoms with Gasteiger partial charge in [0.05, 0.1) is 16.3 Å². The van der Waals surface area contributed by atoms with Crippen molar-refractivity contribution < 1.29 is 17.2 Å². The molecular weight excluding hydrogens is 322 g/mol. The topological polar surface area (TPSA) is 72.2 Å². The fraction of sp³-hybridized carbons (Fsp3) is 0.0769. The van der Waals surface area contributed by atoms with Gasteiger partial charge in [0.25, 0.3) is 10.0 Å². The summed E-state index contributed by atoms with van der Waals surface area (Å²) >= 11 is 5.69. The van der Waals surface area contributed by atoms with E-state index in [1.54, 1.807) is 0 Å². The maximum absolute atomic E-state index is 13.6. The van der Waals surface area contributed by atoms with Gasteiger partial charge in [0.15, 0.2) is 0 Å². The van der Waals surface area contributed by atoms with Crippen molar-refractivity contribution in [2.24, 2.45) is 0 Å². The van der Waals surface area contributed by atoms with Gasteiger partial charge in [-0.25, -0.2) is 17.2 Å². The van der Waals surface area contributed by atoms with Gasteiger partial charge in [0, 0.05) is 5.02 Å². The number of hydrogen-bond acceptors (Lipinski definition) is 3. The van der Waals surface area contributed by atoms with Gasteiger partial charge in [-0.1, -0.05) is 11.6 Å². The molecule has 0 bridgehead atoms. The normalized spacial score (nSPS) is 11.4. The second kappa shape index (κ2) is 5.50. The van der Waals surface area contributed by atoms with E-state index in [-0.39, 0.29) is 26.9 Å². The van der Waals surface area contributed by atoms with E-state index in [4.69, 9.17) is 17.3 Å². The van der Waals surface area contributed by atoms with Gasteiger partial charge in [-0.15, -0.1) is 0 Å². The molecule has 0 aliphatic carbocycles. The molecule has 0 heterocycles. The maximum Gasteiger partial charge on any atom is 0.262 e. The van der Waals surface area contributed by atoms with Gasteiger partial charge in [-0.2, -0.15) is 0 Å². The standard InChI is InChI=1S/C13H11ClF2N2O2S/c1-7-4-9(6-11(17)13(7)16)21(19,20)18-12-5-8(14)2-3-10(12)15/h2-6,18H,17H2,1H3. The fourth-order valence-electron chi connectivity index (χ4n) is 1.70. The maximum atomic E-state index is 13.6. The number of nitrogens with two attached hydrogens (primary N) is 1. The number of nitrogen functional groups attached to an aromatic ring is 1. The minimum absolute atomic E-state index is 0.0712. The molecule has 0 fully saturated rings. The highest BCUT2D eigenvalue weighted by Crippen LogP contribution is 2.25. The second-order valence-electron chi connectivity index (χ2n) is 4.37. The summed E-state index contributed by atoms with van der Waals surface area (Å²) in [7, 11) is -4.11. The molecule has 0 atom stereocenters. The van der Waals surface area contributed by atoms with Crippen LogP contribution in [-0.2, 0) is 10.0 Å². The highest BCUT2D eigenvalue weighted by Gasteiger charge is 2.19. The number of nitrogens with one attached hydrogen (secondary N) is 1. The third kappa shape index (κ3) is 3.25. The van der Waals surface area contributed by atoms with Gasteiger partial charge < -0.3 is 5.73 Å². The van der Waals surface area contributed by atoms with Crippen molar-refractivity contribution in [1.29, 1.82) is 0 Å². The molecule has 0 amide bonds. The summed E-state index contributed by atoms with van der Waals surface area (Å²) in [6.07, 6.45) is 0. The van der Waals surface area contributed by atoms with Gasteiger partial charge in [0.1, 0.15) is 11.6 Å². The Labute approximate surface area is 125 Å². The number of halogens is 3. The van der Waals surface area contributed by atoms with Crippen LogP contribution >= 0.6 is 11.6 Å². The van der Waals surface area contributed by atoms with Gasteiger partial charge in [-0.05, 0) is 42.8 Å². The number of aryl methyl sites for hydroxylation is 1. The lowest BCUT2D eigenvalue weighted by Crippen LogP contribution is -2.15. The Morgan fingerprint density at radius 3 is 2.48 bits per heavy atom. The van der Waals surface area contributed by atoms with E-state index in [1.807, 2.05) is 0 Å². The summed E-state index contributed by atoms with van der Waals surface area (Å²) in [6.45, 7) is 1.38. The van der Waals surface area contributed by atoms with Gasteiger partial charge in [-0.3, -0.25) is 4.72 Å². The van der Waals surface area contributed by atoms with E-state index >= 15 is 0 Å². The predicted molar refractivity (Wildman–Crippen MR) is 77.8 cm³/mol. The summed E-state index contributed by atoms with van der Waals surface area (Å²) < 4.78 is 53.4. The van der Waals surface area contributed by atoms with Crippen LogP contribution in [0.2, 0.25) is 5.02 Å². The molecule has 0 spiro atoms. The highest BCUT2D eigenvalue weighted by molar-refractivity contribution is 7.92. The molecule has 4 nitrogen and oxygen atoms in total. The molecule has 0 aliphatic rings. The summed E-state index contributed by atoms with van der Waals surface area (Å²) in [5, 5.41) is 0.170. The summed E-state index contributed by atoms with van der Waals surface area (Å²) in [5.41, 5.74) is 4.87. The minimum Gasteiger partial charge on any atom is -0.396 e. The van der Waals surface area contributed by atoms with E-state index in [9.17, 15) is 17.2 Å². The average Bonchev–Trinajstić information content (AvgIpc) is 2.39. The zero-order valence-electron chi connectivity index (χ0n) is 10.8. The first-order valence-electron chi connectivity index (χ1n) is 5.74. The molecule has 112 valence electrons. The Hall–Kier alpha value is -1.86. The van der Waals surface area contributed by atoms with Gasteiger partial charge in [0.2, 0.25) is 0 Å². The van der Waals surface area contributed by atoms with Crippen LogP contribution in [0.5, 0.6) is 0 Å². The van der Waals surface area contributed by atoms with Crippen LogP contribution < -0.4 is 10.5 Å². The van der Waals surface area contributed by atoms with Crippen molar-refractivity contribution in [3.8, 4) is 0 Å². The predicted octanol–water partition coefficient (Wildman–Crippen LogP) is 3.31. The lowest BCUT2D eigenvalue weighted by molar-refractivity contribution is 0.596. The van der Waals surface area contributed by atoms with Crippen LogP contribution in [0.25, 0.3) is 0 Å². The van der Waals surface area contributed by atoms with E-state index in [2.05, 4.69) is 4.72 Å². The number of rotatable bonds is 3. The van der Waals surface area contributed by atoms with E-state index in [0.29, 0.717) is 0 Å². The fourth-order valence-corrected chi connectivity index (χ4v) is 3.05. The third-order valence-electron chi connectivity index (χ3n) is 2.74. The molecule has 2 rings (SSSR count). The van der Waals surface area contributed by atoms with Crippen LogP contribution in [0.4, 0.5) is 20.2 Å². The largest absolute Gasteiger partial charge is 0.396 e. The Bertz CT molecular complexity index is 787. The van der Waals surface area contributed by atoms with Crippen LogP contribution in [-0.4, -0.2) is 8.42 Å². The van der Waals surface area contributed by atoms with Crippen molar-refractivity contribution in [2.75, 3.05) is 10.5 Å². The molecule has 21 heavy (non-hydrogen) atoms. The molecule has 2 aromatic carbocycles. The first-order chi connectivity index (χ1) is 9.70. The smallest absolute Gasteiger partial charge is 0.262 e. The van der Waals surface area contributed by atoms with Crippen LogP contribution in [0.15, 0.2) is 35.2 Å². The molecule has 0 aliphatic heterocycles. The van der Waals surface area contributed by atoms with Crippen molar-refractivity contribution >= 4 is 33.0 Å². The Morgan fingerprint density at radius 1 is 1.19 bits per heavy atom. The summed E-state index contributed by atoms with van der Waals surface area (Å²) in [5.74, 6) is -1.47. The molecule has 0 radical (unpaired) electrons. The second-order valence-corrected chi connectivity index (χ2v) is 6.49. The first kappa shape index (κ1) is 15.5. The number of hydrogen-bond donors (Lipinski definition) is 2. The Balaban J connectivity index is 2.46. The average molecular weight is 333 g/mol. The van der Waals surface area contributed by atoms with Gasteiger partial charge >= 0.3 is 0 Å². The monoisotopic (exact) mass is 332 g/mol. The molecule has 0 unspecified atom stereocenters. The van der Waals surface area contributed by atoms with Crippen molar-refractivity contribution in [3.63, 3.8) is 0 Å². The highest BCUT2D eigenvalue weighted by atomic mass is 35.5. The zero-order valence-corrected chi connectivity index (χ0v) is 12.4. The molecule has 8 heteroatoms. The molecule has 0 saturated heterocycles. The SMILES string of the molecule is Cc1cc(S(=O)(=O)Nc2cc(Cl)ccc2F)cc(N)c1F. The van der Waals surface area contributed by atoms with E-state index < -0.39 is 21.7 Å². The molecular formula is C13H11ClF2N2O2S. The number of benzene rings is 2. The zero-order chi connectivity index (χ0) is 15.8. The number of anilines is 2. The van der Waals surface area contributed by atoms with Crippen molar-refractivity contribution in [2.45, 2.75) is 11.8 Å². The summed E-state index contributed by atoms with van der Waals surface area (Å²) in [4.78, 5) is -0.265. The van der Waals surface area contributed by atoms with Crippen molar-refractivity contribution in [1.82, 2.24) is 0 Å². The lowest BCUT2D eigenvalue weighted by atomic mass is 10.2. The van der Waals surface area contributed by atoms with E-state index in [0.717, 1.165) is 24.3 Å². The third-order valence-corrected chi connectivity index (χ3v) is 4.32. The Kier molecular flexibility index (Phi) is 4.06. The molecule has 2 aromatic rings. The lowest BCUT2D eigenvalue weighted by Gasteiger charge is -2.11. The van der Waals surface area contributed by atoms with Crippen LogP contribution in [0.3, 0.4) is 0 Å². The molecule has 0 saturated carbocycles. The van der Waals surface area contributed by atoms with Crippen molar-refractivity contribution in [3.05, 3.63) is 52.6 Å². The minimum atomic E-state index is -4.11.